The highest BCUT2D eigenvalue weighted by molar-refractivity contribution is 6.34. The second-order valence-corrected chi connectivity index (χ2v) is 7.73. The molecule has 1 atom stereocenters. The first-order chi connectivity index (χ1) is 14.3. The third kappa shape index (κ3) is 3.48. The largest absolute Gasteiger partial charge is 0.325 e. The van der Waals surface area contributed by atoms with E-state index in [0.717, 1.165) is 22.1 Å². The molecule has 4 amide bonds. The molecule has 2 aliphatic rings. The molecule has 9 nitrogen and oxygen atoms in total. The highest BCUT2D eigenvalue weighted by Crippen LogP contribution is 2.33. The van der Waals surface area contributed by atoms with Crippen LogP contribution in [0.2, 0.25) is 5.02 Å². The number of benzene rings is 2. The number of fused-ring (bicyclic) bond motifs is 1. The summed E-state index contributed by atoms with van der Waals surface area (Å²) in [6.07, 6.45) is 1.49. The molecule has 4 rings (SSSR count). The third-order valence-corrected chi connectivity index (χ3v) is 5.73. The SMILES string of the molecule is O=C(CN1C(=O)NC2(CCc3ccccc3C2)C1=O)Nc1ccc([N+](=O)[O-])cc1Cl. The summed E-state index contributed by atoms with van der Waals surface area (Å²) in [7, 11) is 0. The number of halogens is 1. The van der Waals surface area contributed by atoms with E-state index in [4.69, 9.17) is 11.6 Å². The van der Waals surface area contributed by atoms with Gasteiger partial charge in [0.25, 0.3) is 11.6 Å². The Kier molecular flexibility index (Phi) is 4.90. The molecule has 2 aromatic carbocycles. The van der Waals surface area contributed by atoms with Crippen LogP contribution in [0.3, 0.4) is 0 Å². The molecule has 1 aliphatic heterocycles. The number of aryl methyl sites for hydroxylation is 1. The molecule has 1 spiro atoms. The zero-order valence-corrected chi connectivity index (χ0v) is 16.4. The second-order valence-electron chi connectivity index (χ2n) is 7.32. The van der Waals surface area contributed by atoms with Crippen molar-refractivity contribution < 1.29 is 19.3 Å². The van der Waals surface area contributed by atoms with Crippen LogP contribution in [0.5, 0.6) is 0 Å². The van der Waals surface area contributed by atoms with Gasteiger partial charge in [0.15, 0.2) is 0 Å². The summed E-state index contributed by atoms with van der Waals surface area (Å²) in [6, 6.07) is 10.7. The van der Waals surface area contributed by atoms with Gasteiger partial charge in [0, 0.05) is 18.6 Å². The molecule has 1 fully saturated rings. The van der Waals surface area contributed by atoms with Crippen molar-refractivity contribution in [1.29, 1.82) is 0 Å². The molecule has 0 saturated carbocycles. The van der Waals surface area contributed by atoms with Crippen molar-refractivity contribution in [2.75, 3.05) is 11.9 Å². The first-order valence-corrected chi connectivity index (χ1v) is 9.61. The molecule has 2 N–H and O–H groups in total. The summed E-state index contributed by atoms with van der Waals surface area (Å²) in [5.41, 5.74) is 1.04. The second kappa shape index (κ2) is 7.42. The molecule has 30 heavy (non-hydrogen) atoms. The quantitative estimate of drug-likeness (QED) is 0.440. The van der Waals surface area contributed by atoms with Crippen LogP contribution in [0.15, 0.2) is 42.5 Å². The Bertz CT molecular complexity index is 1090. The van der Waals surface area contributed by atoms with E-state index in [9.17, 15) is 24.5 Å². The number of carbonyl (C=O) groups excluding carboxylic acids is 3. The minimum atomic E-state index is -1.04. The van der Waals surface area contributed by atoms with Gasteiger partial charge in [-0.05, 0) is 30.0 Å². The van der Waals surface area contributed by atoms with Crippen LogP contribution in [-0.4, -0.2) is 39.8 Å². The maximum Gasteiger partial charge on any atom is 0.325 e. The van der Waals surface area contributed by atoms with E-state index in [1.807, 2.05) is 24.3 Å². The van der Waals surface area contributed by atoms with Crippen LogP contribution < -0.4 is 10.6 Å². The van der Waals surface area contributed by atoms with Gasteiger partial charge in [-0.25, -0.2) is 4.79 Å². The number of hydrogen-bond acceptors (Lipinski definition) is 5. The van der Waals surface area contributed by atoms with Crippen molar-refractivity contribution in [2.24, 2.45) is 0 Å². The van der Waals surface area contributed by atoms with E-state index in [-0.39, 0.29) is 16.4 Å². The molecular weight excluding hydrogens is 412 g/mol. The summed E-state index contributed by atoms with van der Waals surface area (Å²) >= 11 is 5.98. The molecule has 0 aromatic heterocycles. The van der Waals surface area contributed by atoms with Crippen LogP contribution in [0, 0.1) is 10.1 Å². The van der Waals surface area contributed by atoms with E-state index >= 15 is 0 Å². The predicted octanol–water partition coefficient (Wildman–Crippen LogP) is 2.67. The Balaban J connectivity index is 1.46. The molecular formula is C20H17ClN4O5. The lowest BCUT2D eigenvalue weighted by Gasteiger charge is -2.32. The van der Waals surface area contributed by atoms with Crippen molar-refractivity contribution in [3.8, 4) is 0 Å². The molecule has 1 aliphatic carbocycles. The maximum atomic E-state index is 13.0. The molecule has 1 heterocycles. The van der Waals surface area contributed by atoms with Gasteiger partial charge in [0.05, 0.1) is 15.6 Å². The number of nitro benzene ring substituents is 1. The molecule has 1 saturated heterocycles. The fraction of sp³-hybridized carbons (Fsp3) is 0.250. The van der Waals surface area contributed by atoms with Crippen molar-refractivity contribution in [3.05, 3.63) is 68.7 Å². The van der Waals surface area contributed by atoms with Gasteiger partial charge in [-0.3, -0.25) is 24.6 Å². The number of amides is 4. The van der Waals surface area contributed by atoms with E-state index < -0.39 is 34.9 Å². The van der Waals surface area contributed by atoms with Crippen molar-refractivity contribution >= 4 is 40.8 Å². The highest BCUT2D eigenvalue weighted by Gasteiger charge is 2.52. The van der Waals surface area contributed by atoms with E-state index in [1.54, 1.807) is 0 Å². The first-order valence-electron chi connectivity index (χ1n) is 9.24. The number of nitro groups is 1. The fourth-order valence-electron chi connectivity index (χ4n) is 3.90. The Morgan fingerprint density at radius 3 is 2.67 bits per heavy atom. The lowest BCUT2D eigenvalue weighted by atomic mass is 9.78. The lowest BCUT2D eigenvalue weighted by molar-refractivity contribution is -0.384. The number of anilines is 1. The molecule has 2 aromatic rings. The van der Waals surface area contributed by atoms with Crippen LogP contribution in [0.4, 0.5) is 16.2 Å². The average molecular weight is 429 g/mol. The van der Waals surface area contributed by atoms with Crippen molar-refractivity contribution in [3.63, 3.8) is 0 Å². The monoisotopic (exact) mass is 428 g/mol. The smallest absolute Gasteiger partial charge is 0.323 e. The summed E-state index contributed by atoms with van der Waals surface area (Å²) in [5, 5.41) is 16.0. The van der Waals surface area contributed by atoms with Gasteiger partial charge < -0.3 is 10.6 Å². The van der Waals surface area contributed by atoms with Crippen LogP contribution in [-0.2, 0) is 22.4 Å². The van der Waals surface area contributed by atoms with Gasteiger partial charge in [-0.1, -0.05) is 35.9 Å². The van der Waals surface area contributed by atoms with Crippen LogP contribution in [0.1, 0.15) is 17.5 Å². The van der Waals surface area contributed by atoms with Gasteiger partial charge >= 0.3 is 6.03 Å². The molecule has 0 bridgehead atoms. The molecule has 0 radical (unpaired) electrons. The van der Waals surface area contributed by atoms with E-state index in [1.165, 1.54) is 12.1 Å². The Hall–Kier alpha value is -3.46. The van der Waals surface area contributed by atoms with Crippen molar-refractivity contribution in [1.82, 2.24) is 10.2 Å². The number of urea groups is 1. The third-order valence-electron chi connectivity index (χ3n) is 5.42. The first kappa shape index (κ1) is 19.8. The number of nitrogens with one attached hydrogen (secondary N) is 2. The highest BCUT2D eigenvalue weighted by atomic mass is 35.5. The minimum Gasteiger partial charge on any atom is -0.323 e. The van der Waals surface area contributed by atoms with Crippen LogP contribution in [0.25, 0.3) is 0 Å². The number of hydrogen-bond donors (Lipinski definition) is 2. The zero-order valence-electron chi connectivity index (χ0n) is 15.7. The topological polar surface area (TPSA) is 122 Å². The average Bonchev–Trinajstić information content (AvgIpc) is 2.93. The molecule has 1 unspecified atom stereocenters. The van der Waals surface area contributed by atoms with Gasteiger partial charge in [-0.15, -0.1) is 0 Å². The van der Waals surface area contributed by atoms with Gasteiger partial charge in [0.1, 0.15) is 12.1 Å². The fourth-order valence-corrected chi connectivity index (χ4v) is 4.12. The van der Waals surface area contributed by atoms with Crippen molar-refractivity contribution in [2.45, 2.75) is 24.8 Å². The zero-order chi connectivity index (χ0) is 21.5. The normalized spacial score (nSPS) is 20.1. The number of imide groups is 1. The van der Waals surface area contributed by atoms with E-state index in [2.05, 4.69) is 10.6 Å². The summed E-state index contributed by atoms with van der Waals surface area (Å²) in [5.74, 6) is -1.07. The Labute approximate surface area is 176 Å². The predicted molar refractivity (Wildman–Crippen MR) is 108 cm³/mol. The summed E-state index contributed by atoms with van der Waals surface area (Å²) < 4.78 is 0. The lowest BCUT2D eigenvalue weighted by Crippen LogP contribution is -2.51. The molecule has 154 valence electrons. The standard InChI is InChI=1S/C20H17ClN4O5/c21-15-9-14(25(29)30)5-6-16(15)22-17(26)11-24-18(27)20(23-19(24)28)8-7-12-3-1-2-4-13(12)10-20/h1-6,9H,7-8,10-11H2,(H,22,26)(H,23,28). The number of non-ortho nitro benzene ring substituents is 1. The number of rotatable bonds is 4. The molecule has 10 heteroatoms. The summed E-state index contributed by atoms with van der Waals surface area (Å²) in [4.78, 5) is 49.0. The number of carbonyl (C=O) groups is 3. The summed E-state index contributed by atoms with van der Waals surface area (Å²) in [6.45, 7) is -0.485. The van der Waals surface area contributed by atoms with Crippen LogP contribution >= 0.6 is 11.6 Å². The van der Waals surface area contributed by atoms with E-state index in [0.29, 0.717) is 19.3 Å². The maximum absolute atomic E-state index is 13.0. The Morgan fingerprint density at radius 1 is 1.23 bits per heavy atom. The van der Waals surface area contributed by atoms with Gasteiger partial charge in [-0.2, -0.15) is 0 Å². The number of nitrogens with zero attached hydrogens (tertiary/aromatic N) is 2. The van der Waals surface area contributed by atoms with Gasteiger partial charge in [0.2, 0.25) is 5.91 Å². The minimum absolute atomic E-state index is 0.0184. The Morgan fingerprint density at radius 2 is 1.97 bits per heavy atom.